The van der Waals surface area contributed by atoms with Crippen LogP contribution in [0, 0.1) is 0 Å². The second-order valence-electron chi connectivity index (χ2n) is 2.90. The monoisotopic (exact) mass is 177 g/mol. The predicted molar refractivity (Wildman–Crippen MR) is 47.6 cm³/mol. The van der Waals surface area contributed by atoms with Crippen molar-refractivity contribution in [2.24, 2.45) is 5.73 Å². The molecule has 2 rings (SSSR count). The molecule has 0 bridgehead atoms. The van der Waals surface area contributed by atoms with Crippen molar-refractivity contribution < 1.29 is 4.74 Å². The van der Waals surface area contributed by atoms with Crippen LogP contribution in [0.25, 0.3) is 0 Å². The number of ether oxygens (including phenoxy) is 1. The van der Waals surface area contributed by atoms with E-state index in [9.17, 15) is 0 Å². The maximum absolute atomic E-state index is 5.93. The van der Waals surface area contributed by atoms with E-state index in [0.717, 1.165) is 18.6 Å². The lowest BCUT2D eigenvalue weighted by Crippen LogP contribution is -2.15. The minimum atomic E-state index is -0.219. The average Bonchev–Trinajstić information content (AvgIpc) is 2.71. The maximum Gasteiger partial charge on any atom is 0.149 e. The molecule has 0 fully saturated rings. The highest BCUT2D eigenvalue weighted by Crippen LogP contribution is 2.22. The van der Waals surface area contributed by atoms with Gasteiger partial charge in [-0.25, -0.2) is 9.97 Å². The molecule has 4 heteroatoms. The molecule has 2 heterocycles. The molecule has 1 aromatic heterocycles. The Morgan fingerprint density at radius 1 is 1.38 bits per heavy atom. The van der Waals surface area contributed by atoms with Gasteiger partial charge in [0.1, 0.15) is 5.82 Å². The quantitative estimate of drug-likeness (QED) is 0.725. The van der Waals surface area contributed by atoms with Crippen molar-refractivity contribution in [3.8, 4) is 0 Å². The summed E-state index contributed by atoms with van der Waals surface area (Å²) in [6, 6.07) is 1.55. The van der Waals surface area contributed by atoms with Crippen LogP contribution in [0.1, 0.15) is 18.3 Å². The Bertz CT molecular complexity index is 310. The lowest BCUT2D eigenvalue weighted by atomic mass is 10.1. The van der Waals surface area contributed by atoms with Crippen LogP contribution in [0.5, 0.6) is 0 Å². The lowest BCUT2D eigenvalue weighted by Gasteiger charge is -2.08. The minimum Gasteiger partial charge on any atom is -0.501 e. The summed E-state index contributed by atoms with van der Waals surface area (Å²) in [6.45, 7) is 0.718. The molecule has 0 saturated carbocycles. The molecule has 1 unspecified atom stereocenters. The van der Waals surface area contributed by atoms with Crippen molar-refractivity contribution in [1.29, 1.82) is 0 Å². The van der Waals surface area contributed by atoms with E-state index >= 15 is 0 Å². The molecule has 0 aromatic carbocycles. The standard InChI is InChI=1S/C9H11N3O/c10-8(7-2-5-13-6-7)9-11-3-1-4-12-9/h1,3-4,6,8H,2,5,10H2. The average molecular weight is 177 g/mol. The fourth-order valence-electron chi connectivity index (χ4n) is 1.27. The van der Waals surface area contributed by atoms with Crippen LogP contribution in [-0.2, 0) is 4.74 Å². The molecule has 1 atom stereocenters. The van der Waals surface area contributed by atoms with E-state index in [1.807, 2.05) is 0 Å². The fourth-order valence-corrected chi connectivity index (χ4v) is 1.27. The van der Waals surface area contributed by atoms with Crippen molar-refractivity contribution in [3.05, 3.63) is 36.1 Å². The predicted octanol–water partition coefficient (Wildman–Crippen LogP) is 0.781. The molecule has 4 nitrogen and oxygen atoms in total. The SMILES string of the molecule is NC(C1=COCC1)c1ncccn1. The Kier molecular flexibility index (Phi) is 2.23. The van der Waals surface area contributed by atoms with Gasteiger partial charge < -0.3 is 10.5 Å². The third kappa shape index (κ3) is 1.67. The number of rotatable bonds is 2. The third-order valence-electron chi connectivity index (χ3n) is 2.01. The first-order valence-corrected chi connectivity index (χ1v) is 4.21. The number of nitrogens with zero attached hydrogens (tertiary/aromatic N) is 2. The molecule has 13 heavy (non-hydrogen) atoms. The van der Waals surface area contributed by atoms with Gasteiger partial charge in [-0.15, -0.1) is 0 Å². The summed E-state index contributed by atoms with van der Waals surface area (Å²) < 4.78 is 5.10. The molecule has 1 aliphatic rings. The molecule has 0 saturated heterocycles. The van der Waals surface area contributed by atoms with Crippen LogP contribution >= 0.6 is 0 Å². The number of nitrogens with two attached hydrogens (primary N) is 1. The molecule has 1 aromatic rings. The van der Waals surface area contributed by atoms with Crippen molar-refractivity contribution in [1.82, 2.24) is 9.97 Å². The summed E-state index contributed by atoms with van der Waals surface area (Å²) in [5.74, 6) is 0.652. The van der Waals surface area contributed by atoms with Crippen molar-refractivity contribution >= 4 is 0 Å². The van der Waals surface area contributed by atoms with E-state index < -0.39 is 0 Å². The van der Waals surface area contributed by atoms with E-state index in [1.165, 1.54) is 0 Å². The Morgan fingerprint density at radius 3 is 2.77 bits per heavy atom. The zero-order valence-electron chi connectivity index (χ0n) is 7.18. The zero-order valence-corrected chi connectivity index (χ0v) is 7.18. The summed E-state index contributed by atoms with van der Waals surface area (Å²) in [4.78, 5) is 8.18. The van der Waals surface area contributed by atoms with Crippen molar-refractivity contribution in [2.75, 3.05) is 6.61 Å². The first-order chi connectivity index (χ1) is 6.38. The number of hydrogen-bond acceptors (Lipinski definition) is 4. The molecule has 1 aliphatic heterocycles. The molecule has 0 aliphatic carbocycles. The highest BCUT2D eigenvalue weighted by Gasteiger charge is 2.17. The third-order valence-corrected chi connectivity index (χ3v) is 2.01. The molecule has 0 amide bonds. The summed E-state index contributed by atoms with van der Waals surface area (Å²) >= 11 is 0. The number of aromatic nitrogens is 2. The maximum atomic E-state index is 5.93. The second kappa shape index (κ2) is 3.53. The molecule has 0 radical (unpaired) electrons. The van der Waals surface area contributed by atoms with Gasteiger partial charge in [0.25, 0.3) is 0 Å². The first kappa shape index (κ1) is 8.19. The van der Waals surface area contributed by atoms with E-state index in [1.54, 1.807) is 24.7 Å². The van der Waals surface area contributed by atoms with Gasteiger partial charge >= 0.3 is 0 Å². The van der Waals surface area contributed by atoms with Crippen LogP contribution in [-0.4, -0.2) is 16.6 Å². The summed E-state index contributed by atoms with van der Waals surface area (Å²) in [7, 11) is 0. The molecular formula is C9H11N3O. The normalized spacial score (nSPS) is 17.8. The molecule has 0 spiro atoms. The Balaban J connectivity index is 2.17. The van der Waals surface area contributed by atoms with E-state index in [0.29, 0.717) is 5.82 Å². The summed E-state index contributed by atoms with van der Waals surface area (Å²) in [5.41, 5.74) is 6.99. The smallest absolute Gasteiger partial charge is 0.149 e. The Morgan fingerprint density at radius 2 is 2.15 bits per heavy atom. The van der Waals surface area contributed by atoms with Gasteiger partial charge in [-0.1, -0.05) is 0 Å². The van der Waals surface area contributed by atoms with Gasteiger partial charge in [-0.05, 0) is 11.6 Å². The van der Waals surface area contributed by atoms with Gasteiger partial charge in [0, 0.05) is 18.8 Å². The van der Waals surface area contributed by atoms with E-state index in [-0.39, 0.29) is 6.04 Å². The largest absolute Gasteiger partial charge is 0.501 e. The highest BCUT2D eigenvalue weighted by molar-refractivity contribution is 5.16. The summed E-state index contributed by atoms with van der Waals surface area (Å²) in [5, 5.41) is 0. The van der Waals surface area contributed by atoms with Crippen LogP contribution in [0.15, 0.2) is 30.3 Å². The first-order valence-electron chi connectivity index (χ1n) is 4.21. The van der Waals surface area contributed by atoms with Crippen LogP contribution in [0.2, 0.25) is 0 Å². The van der Waals surface area contributed by atoms with Crippen molar-refractivity contribution in [2.45, 2.75) is 12.5 Å². The van der Waals surface area contributed by atoms with Crippen LogP contribution < -0.4 is 5.73 Å². The Labute approximate surface area is 76.5 Å². The second-order valence-corrected chi connectivity index (χ2v) is 2.90. The molecular weight excluding hydrogens is 166 g/mol. The molecule has 68 valence electrons. The van der Waals surface area contributed by atoms with E-state index in [4.69, 9.17) is 10.5 Å². The zero-order chi connectivity index (χ0) is 9.10. The van der Waals surface area contributed by atoms with Gasteiger partial charge in [0.2, 0.25) is 0 Å². The van der Waals surface area contributed by atoms with Gasteiger partial charge in [0.15, 0.2) is 0 Å². The minimum absolute atomic E-state index is 0.219. The topological polar surface area (TPSA) is 61.0 Å². The van der Waals surface area contributed by atoms with Crippen LogP contribution in [0.3, 0.4) is 0 Å². The van der Waals surface area contributed by atoms with Gasteiger partial charge in [-0.3, -0.25) is 0 Å². The van der Waals surface area contributed by atoms with Crippen molar-refractivity contribution in [3.63, 3.8) is 0 Å². The highest BCUT2D eigenvalue weighted by atomic mass is 16.5. The van der Waals surface area contributed by atoms with Crippen LogP contribution in [0.4, 0.5) is 0 Å². The van der Waals surface area contributed by atoms with Gasteiger partial charge in [0.05, 0.1) is 18.9 Å². The lowest BCUT2D eigenvalue weighted by molar-refractivity contribution is 0.281. The Hall–Kier alpha value is -1.42. The summed E-state index contributed by atoms with van der Waals surface area (Å²) in [6.07, 6.45) is 5.97. The fraction of sp³-hybridized carbons (Fsp3) is 0.333. The van der Waals surface area contributed by atoms with E-state index in [2.05, 4.69) is 9.97 Å². The molecule has 2 N–H and O–H groups in total. The van der Waals surface area contributed by atoms with Gasteiger partial charge in [-0.2, -0.15) is 0 Å². The number of hydrogen-bond donors (Lipinski definition) is 1.